The van der Waals surface area contributed by atoms with E-state index >= 15 is 0 Å². The molecule has 0 radical (unpaired) electrons. The third-order valence-corrected chi connectivity index (χ3v) is 5.50. The zero-order chi connectivity index (χ0) is 27.2. The first-order chi connectivity index (χ1) is 17.5. The molecule has 1 aromatic heterocycles. The molecule has 0 spiro atoms. The number of halogens is 3. The summed E-state index contributed by atoms with van der Waals surface area (Å²) in [7, 11) is 0. The van der Waals surface area contributed by atoms with Crippen LogP contribution < -0.4 is 11.1 Å². The number of aromatic nitrogens is 1. The van der Waals surface area contributed by atoms with Crippen LogP contribution in [0.2, 0.25) is 0 Å². The lowest BCUT2D eigenvalue weighted by Gasteiger charge is -2.26. The van der Waals surface area contributed by atoms with Gasteiger partial charge in [-0.1, -0.05) is 24.8 Å². The maximum Gasteiger partial charge on any atom is 0.490 e. The van der Waals surface area contributed by atoms with Crippen molar-refractivity contribution in [2.24, 2.45) is 5.73 Å². The van der Waals surface area contributed by atoms with Gasteiger partial charge in [-0.05, 0) is 35.4 Å². The zero-order valence-corrected chi connectivity index (χ0v) is 19.6. The number of primary amides is 1. The summed E-state index contributed by atoms with van der Waals surface area (Å²) in [6.07, 6.45) is -3.30. The molecule has 0 unspecified atom stereocenters. The molecular weight excluding hydrogens is 493 g/mol. The quantitative estimate of drug-likeness (QED) is 0.369. The van der Waals surface area contributed by atoms with Gasteiger partial charge in [0, 0.05) is 42.5 Å². The highest BCUT2D eigenvalue weighted by Gasteiger charge is 2.38. The highest BCUT2D eigenvalue weighted by atomic mass is 19.4. The highest BCUT2D eigenvalue weighted by molar-refractivity contribution is 6.09. The van der Waals surface area contributed by atoms with Crippen LogP contribution in [0.1, 0.15) is 10.4 Å². The Bertz CT molecular complexity index is 1310. The summed E-state index contributed by atoms with van der Waals surface area (Å²) in [6, 6.07) is 13.1. The number of alkyl halides is 3. The van der Waals surface area contributed by atoms with Gasteiger partial charge in [0.1, 0.15) is 0 Å². The normalized spacial score (nSPS) is 13.9. The number of H-pyrrole nitrogens is 1. The molecule has 0 bridgehead atoms. The predicted octanol–water partition coefficient (Wildman–Crippen LogP) is 3.39. The number of benzene rings is 2. The molecule has 0 saturated carbocycles. The molecule has 2 aromatic carbocycles. The summed E-state index contributed by atoms with van der Waals surface area (Å²) in [5.41, 5.74) is 9.69. The molecule has 1 saturated heterocycles. The first kappa shape index (κ1) is 27.4. The average molecular weight is 518 g/mol. The largest absolute Gasteiger partial charge is 0.490 e. The molecule has 2 heterocycles. The molecule has 0 aliphatic carbocycles. The molecule has 1 aliphatic rings. The Morgan fingerprint density at radius 1 is 1.14 bits per heavy atom. The minimum atomic E-state index is -5.08. The lowest BCUT2D eigenvalue weighted by molar-refractivity contribution is -0.192. The standard InChI is InChI=1S/C23H24N4O3.C2HF3O2/c1-15(14-27-9-11-30-12-10-27)23(29)26-17-4-2-3-16(13-17)18-5-6-20(22(24)28)21-19(18)7-8-25-21;3-2(4,5)1(6)7/h2-8,13,25H,1,9-12,14H2,(H2,24,28)(H,26,29);(H,6,7). The number of nitrogens with zero attached hydrogens (tertiary/aromatic N) is 1. The predicted molar refractivity (Wildman–Crippen MR) is 131 cm³/mol. The Balaban J connectivity index is 0.000000479. The number of hydrogen-bond donors (Lipinski definition) is 4. The summed E-state index contributed by atoms with van der Waals surface area (Å²) in [6.45, 7) is 7.43. The van der Waals surface area contributed by atoms with E-state index in [1.807, 2.05) is 36.4 Å². The van der Waals surface area contributed by atoms with E-state index in [2.05, 4.69) is 21.8 Å². The summed E-state index contributed by atoms with van der Waals surface area (Å²) >= 11 is 0. The van der Waals surface area contributed by atoms with Crippen LogP contribution in [0, 0.1) is 0 Å². The summed E-state index contributed by atoms with van der Waals surface area (Å²) < 4.78 is 37.1. The minimum Gasteiger partial charge on any atom is -0.475 e. The second kappa shape index (κ2) is 11.7. The van der Waals surface area contributed by atoms with Crippen molar-refractivity contribution in [2.45, 2.75) is 6.18 Å². The van der Waals surface area contributed by atoms with E-state index in [1.54, 1.807) is 12.3 Å². The number of amides is 2. The number of morpholine rings is 1. The van der Waals surface area contributed by atoms with Crippen LogP contribution in [0.15, 0.2) is 60.8 Å². The topological polar surface area (TPSA) is 138 Å². The van der Waals surface area contributed by atoms with E-state index in [0.717, 1.165) is 29.6 Å². The molecular formula is C25H25F3N4O5. The van der Waals surface area contributed by atoms with Gasteiger partial charge >= 0.3 is 12.1 Å². The van der Waals surface area contributed by atoms with Crippen molar-refractivity contribution in [3.05, 3.63) is 66.4 Å². The second-order valence-electron chi connectivity index (χ2n) is 8.12. The maximum atomic E-state index is 12.6. The van der Waals surface area contributed by atoms with Gasteiger partial charge in [0.05, 0.1) is 24.3 Å². The number of carbonyl (C=O) groups excluding carboxylic acids is 2. The number of nitrogens with one attached hydrogen (secondary N) is 2. The van der Waals surface area contributed by atoms with Crippen molar-refractivity contribution >= 4 is 34.4 Å². The number of carbonyl (C=O) groups is 3. The van der Waals surface area contributed by atoms with Gasteiger partial charge in [0.15, 0.2) is 0 Å². The first-order valence-electron chi connectivity index (χ1n) is 11.1. The molecule has 12 heteroatoms. The number of ether oxygens (including phenoxy) is 1. The van der Waals surface area contributed by atoms with Crippen molar-refractivity contribution < 1.29 is 37.4 Å². The fourth-order valence-electron chi connectivity index (χ4n) is 3.70. The van der Waals surface area contributed by atoms with E-state index in [-0.39, 0.29) is 5.91 Å². The molecule has 0 atom stereocenters. The molecule has 196 valence electrons. The smallest absolute Gasteiger partial charge is 0.475 e. The van der Waals surface area contributed by atoms with Crippen LogP contribution in [-0.2, 0) is 14.3 Å². The Hall–Kier alpha value is -4.16. The van der Waals surface area contributed by atoms with Crippen LogP contribution in [0.4, 0.5) is 18.9 Å². The van der Waals surface area contributed by atoms with E-state index in [0.29, 0.717) is 42.1 Å². The van der Waals surface area contributed by atoms with Crippen LogP contribution in [0.3, 0.4) is 0 Å². The van der Waals surface area contributed by atoms with Gasteiger partial charge < -0.3 is 25.9 Å². The van der Waals surface area contributed by atoms with Crippen molar-refractivity contribution in [1.82, 2.24) is 9.88 Å². The third kappa shape index (κ3) is 7.18. The summed E-state index contributed by atoms with van der Waals surface area (Å²) in [5, 5.41) is 11.0. The molecule has 2 amide bonds. The fourth-order valence-corrected chi connectivity index (χ4v) is 3.70. The molecule has 1 aliphatic heterocycles. The van der Waals surface area contributed by atoms with E-state index in [4.69, 9.17) is 20.4 Å². The Morgan fingerprint density at radius 3 is 2.43 bits per heavy atom. The van der Waals surface area contributed by atoms with Crippen LogP contribution in [-0.4, -0.2) is 71.8 Å². The maximum absolute atomic E-state index is 12.6. The second-order valence-corrected chi connectivity index (χ2v) is 8.12. The van der Waals surface area contributed by atoms with Crippen LogP contribution in [0.5, 0.6) is 0 Å². The molecule has 37 heavy (non-hydrogen) atoms. The van der Waals surface area contributed by atoms with Crippen molar-refractivity contribution in [2.75, 3.05) is 38.2 Å². The van der Waals surface area contributed by atoms with Gasteiger partial charge in [-0.15, -0.1) is 0 Å². The number of aliphatic carboxylic acids is 1. The Morgan fingerprint density at radius 2 is 1.81 bits per heavy atom. The third-order valence-electron chi connectivity index (χ3n) is 5.50. The number of anilines is 1. The number of fused-ring (bicyclic) bond motifs is 1. The molecule has 1 fully saturated rings. The minimum absolute atomic E-state index is 0.200. The van der Waals surface area contributed by atoms with Crippen LogP contribution in [0.25, 0.3) is 22.0 Å². The van der Waals surface area contributed by atoms with Crippen LogP contribution >= 0.6 is 0 Å². The number of rotatable bonds is 6. The first-order valence-corrected chi connectivity index (χ1v) is 11.1. The summed E-state index contributed by atoms with van der Waals surface area (Å²) in [5.74, 6) is -3.43. The number of aromatic amines is 1. The summed E-state index contributed by atoms with van der Waals surface area (Å²) in [4.78, 5) is 38.4. The van der Waals surface area contributed by atoms with Gasteiger partial charge in [-0.25, -0.2) is 4.79 Å². The van der Waals surface area contributed by atoms with Crippen molar-refractivity contribution in [1.29, 1.82) is 0 Å². The lowest BCUT2D eigenvalue weighted by atomic mass is 9.98. The highest BCUT2D eigenvalue weighted by Crippen LogP contribution is 2.31. The monoisotopic (exact) mass is 518 g/mol. The van der Waals surface area contributed by atoms with E-state index in [9.17, 15) is 22.8 Å². The number of carboxylic acids is 1. The van der Waals surface area contributed by atoms with E-state index < -0.39 is 18.1 Å². The number of carboxylic acid groups (broad SMARTS) is 1. The van der Waals surface area contributed by atoms with Gasteiger partial charge in [0.25, 0.3) is 11.8 Å². The Kier molecular flexibility index (Phi) is 8.69. The van der Waals surface area contributed by atoms with Crippen molar-refractivity contribution in [3.8, 4) is 11.1 Å². The van der Waals surface area contributed by atoms with Gasteiger partial charge in [0.2, 0.25) is 0 Å². The molecule has 5 N–H and O–H groups in total. The number of nitrogens with two attached hydrogens (primary N) is 1. The molecule has 9 nitrogen and oxygen atoms in total. The van der Waals surface area contributed by atoms with Gasteiger partial charge in [-0.3, -0.25) is 14.5 Å². The number of hydrogen-bond acceptors (Lipinski definition) is 5. The molecule has 4 rings (SSSR count). The van der Waals surface area contributed by atoms with Gasteiger partial charge in [-0.2, -0.15) is 13.2 Å². The molecule has 3 aromatic rings. The SMILES string of the molecule is C=C(CN1CCOCC1)C(=O)Nc1cccc(-c2ccc(C(N)=O)c3[nH]ccc23)c1.O=C(O)C(F)(F)F. The lowest BCUT2D eigenvalue weighted by Crippen LogP contribution is -2.38. The fraction of sp³-hybridized carbons (Fsp3) is 0.240. The average Bonchev–Trinajstić information content (AvgIpc) is 3.34. The Labute approximate surface area is 209 Å². The zero-order valence-electron chi connectivity index (χ0n) is 19.6. The van der Waals surface area contributed by atoms with Crippen molar-refractivity contribution in [3.63, 3.8) is 0 Å². The van der Waals surface area contributed by atoms with E-state index in [1.165, 1.54) is 0 Å².